The first kappa shape index (κ1) is 11.7. The average molecular weight is 248 g/mol. The van der Waals surface area contributed by atoms with E-state index in [1.54, 1.807) is 0 Å². The topological polar surface area (TPSA) is 55.0 Å². The summed E-state index contributed by atoms with van der Waals surface area (Å²) in [7, 11) is 0. The third-order valence-corrected chi connectivity index (χ3v) is 2.83. The summed E-state index contributed by atoms with van der Waals surface area (Å²) >= 11 is 1.46. The molecule has 1 heterocycles. The number of thioether (sulfide) groups is 1. The van der Waals surface area contributed by atoms with E-state index in [2.05, 4.69) is 9.97 Å². The maximum absolute atomic E-state index is 11.0. The average Bonchev–Trinajstić information content (AvgIpc) is 2.36. The van der Waals surface area contributed by atoms with Crippen LogP contribution in [-0.2, 0) is 0 Å². The van der Waals surface area contributed by atoms with Crippen molar-refractivity contribution in [2.45, 2.75) is 5.16 Å². The molecule has 0 radical (unpaired) electrons. The molecule has 0 unspecified atom stereocenters. The van der Waals surface area contributed by atoms with Crippen molar-refractivity contribution in [3.05, 3.63) is 52.9 Å². The number of benzene rings is 1. The van der Waals surface area contributed by atoms with E-state index in [0.29, 0.717) is 11.8 Å². The maximum atomic E-state index is 11.0. The minimum absolute atomic E-state index is 0.133. The van der Waals surface area contributed by atoms with Crippen LogP contribution in [0.25, 0.3) is 0 Å². The molecule has 5 heteroatoms. The Kier molecular flexibility index (Phi) is 4.21. The predicted molar refractivity (Wildman–Crippen MR) is 67.5 cm³/mol. The van der Waals surface area contributed by atoms with Gasteiger partial charge in [-0.15, -0.1) is 0 Å². The van der Waals surface area contributed by atoms with Gasteiger partial charge in [-0.3, -0.25) is 4.79 Å². The number of nitrogens with one attached hydrogen (secondary N) is 1. The number of ether oxygens (including phenoxy) is 1. The summed E-state index contributed by atoms with van der Waals surface area (Å²) in [6.45, 7) is 0.577. The van der Waals surface area contributed by atoms with Crippen molar-refractivity contribution < 1.29 is 4.74 Å². The zero-order valence-corrected chi connectivity index (χ0v) is 9.94. The van der Waals surface area contributed by atoms with Crippen molar-refractivity contribution in [3.8, 4) is 5.75 Å². The van der Waals surface area contributed by atoms with E-state index in [1.807, 2.05) is 30.3 Å². The fraction of sp³-hybridized carbons (Fsp3) is 0.167. The van der Waals surface area contributed by atoms with Crippen LogP contribution in [0.2, 0.25) is 0 Å². The first-order chi connectivity index (χ1) is 8.34. The first-order valence-corrected chi connectivity index (χ1v) is 6.19. The Morgan fingerprint density at radius 2 is 2.06 bits per heavy atom. The number of aromatic amines is 1. The lowest BCUT2D eigenvalue weighted by Gasteiger charge is -2.04. The van der Waals surface area contributed by atoms with Crippen LogP contribution in [-0.4, -0.2) is 22.3 Å². The fourth-order valence-corrected chi connectivity index (χ4v) is 1.91. The van der Waals surface area contributed by atoms with Crippen LogP contribution in [0, 0.1) is 0 Å². The van der Waals surface area contributed by atoms with Gasteiger partial charge in [-0.2, -0.15) is 0 Å². The summed E-state index contributed by atoms with van der Waals surface area (Å²) in [6, 6.07) is 11.0. The third-order valence-electron chi connectivity index (χ3n) is 1.98. The van der Waals surface area contributed by atoms with Crippen molar-refractivity contribution in [1.82, 2.24) is 9.97 Å². The molecule has 0 aliphatic heterocycles. The third kappa shape index (κ3) is 3.96. The Morgan fingerprint density at radius 3 is 2.82 bits per heavy atom. The highest BCUT2D eigenvalue weighted by Gasteiger charge is 1.97. The van der Waals surface area contributed by atoms with Crippen molar-refractivity contribution in [3.63, 3.8) is 0 Å². The molecule has 2 aromatic rings. The molecule has 1 aromatic heterocycles. The van der Waals surface area contributed by atoms with E-state index in [9.17, 15) is 4.79 Å². The SMILES string of the molecule is O=c1ccnc(SCCOc2ccccc2)[nH]1. The van der Waals surface area contributed by atoms with Gasteiger partial charge in [-0.25, -0.2) is 4.98 Å². The quantitative estimate of drug-likeness (QED) is 0.499. The predicted octanol–water partition coefficient (Wildman–Crippen LogP) is 1.94. The highest BCUT2D eigenvalue weighted by atomic mass is 32.2. The fourth-order valence-electron chi connectivity index (χ4n) is 1.24. The van der Waals surface area contributed by atoms with E-state index in [1.165, 1.54) is 24.0 Å². The van der Waals surface area contributed by atoms with Crippen LogP contribution < -0.4 is 10.3 Å². The minimum atomic E-state index is -0.133. The maximum Gasteiger partial charge on any atom is 0.251 e. The number of rotatable bonds is 5. The molecule has 0 atom stereocenters. The Morgan fingerprint density at radius 1 is 1.24 bits per heavy atom. The van der Waals surface area contributed by atoms with Gasteiger partial charge in [0.15, 0.2) is 5.16 Å². The second-order valence-electron chi connectivity index (χ2n) is 3.25. The van der Waals surface area contributed by atoms with Crippen LogP contribution in [0.4, 0.5) is 0 Å². The summed E-state index contributed by atoms with van der Waals surface area (Å²) in [6.07, 6.45) is 1.50. The lowest BCUT2D eigenvalue weighted by Crippen LogP contribution is -2.07. The summed E-state index contributed by atoms with van der Waals surface area (Å²) in [5.74, 6) is 1.59. The number of hydrogen-bond donors (Lipinski definition) is 1. The van der Waals surface area contributed by atoms with Crippen molar-refractivity contribution >= 4 is 11.8 Å². The number of H-pyrrole nitrogens is 1. The van der Waals surface area contributed by atoms with E-state index in [4.69, 9.17) is 4.74 Å². The molecule has 1 N–H and O–H groups in total. The molecule has 0 aliphatic carbocycles. The van der Waals surface area contributed by atoms with Crippen molar-refractivity contribution in [1.29, 1.82) is 0 Å². The van der Waals surface area contributed by atoms with Gasteiger partial charge in [0.05, 0.1) is 6.61 Å². The molecule has 0 aliphatic rings. The standard InChI is InChI=1S/C12H12N2O2S/c15-11-6-7-13-12(14-11)17-9-8-16-10-4-2-1-3-5-10/h1-7H,8-9H2,(H,13,14,15). The van der Waals surface area contributed by atoms with Gasteiger partial charge < -0.3 is 9.72 Å². The van der Waals surface area contributed by atoms with Gasteiger partial charge in [0.2, 0.25) is 0 Å². The lowest BCUT2D eigenvalue weighted by molar-refractivity contribution is 0.344. The van der Waals surface area contributed by atoms with E-state index < -0.39 is 0 Å². The Labute approximate surface area is 103 Å². The zero-order valence-electron chi connectivity index (χ0n) is 9.13. The molecule has 0 spiro atoms. The van der Waals surface area contributed by atoms with Gasteiger partial charge in [-0.05, 0) is 12.1 Å². The highest BCUT2D eigenvalue weighted by Crippen LogP contribution is 2.12. The Bertz CT molecular complexity index is 513. The zero-order chi connectivity index (χ0) is 11.9. The number of hydrogen-bond acceptors (Lipinski definition) is 4. The summed E-state index contributed by atoms with van der Waals surface area (Å²) < 4.78 is 5.52. The molecular formula is C12H12N2O2S. The summed E-state index contributed by atoms with van der Waals surface area (Å²) in [5, 5.41) is 0.620. The summed E-state index contributed by atoms with van der Waals surface area (Å²) in [5.41, 5.74) is -0.133. The number of aromatic nitrogens is 2. The molecule has 0 fully saturated rings. The number of para-hydroxylation sites is 1. The molecule has 4 nitrogen and oxygen atoms in total. The minimum Gasteiger partial charge on any atom is -0.493 e. The largest absolute Gasteiger partial charge is 0.493 e. The molecule has 0 amide bonds. The Hall–Kier alpha value is -1.75. The Balaban J connectivity index is 1.75. The smallest absolute Gasteiger partial charge is 0.251 e. The second-order valence-corrected chi connectivity index (χ2v) is 4.33. The van der Waals surface area contributed by atoms with E-state index in [0.717, 1.165) is 11.5 Å². The molecule has 1 aromatic carbocycles. The molecule has 0 bridgehead atoms. The van der Waals surface area contributed by atoms with E-state index in [-0.39, 0.29) is 5.56 Å². The first-order valence-electron chi connectivity index (χ1n) is 5.20. The van der Waals surface area contributed by atoms with Crippen molar-refractivity contribution in [2.75, 3.05) is 12.4 Å². The van der Waals surface area contributed by atoms with Crippen LogP contribution >= 0.6 is 11.8 Å². The molecule has 2 rings (SSSR count). The van der Waals surface area contributed by atoms with Crippen LogP contribution in [0.5, 0.6) is 5.75 Å². The van der Waals surface area contributed by atoms with Crippen LogP contribution in [0.15, 0.2) is 52.5 Å². The second kappa shape index (κ2) is 6.10. The van der Waals surface area contributed by atoms with Gasteiger partial charge in [-0.1, -0.05) is 30.0 Å². The van der Waals surface area contributed by atoms with E-state index >= 15 is 0 Å². The molecule has 88 valence electrons. The molecular weight excluding hydrogens is 236 g/mol. The molecule has 0 saturated heterocycles. The van der Waals surface area contributed by atoms with Crippen LogP contribution in [0.3, 0.4) is 0 Å². The van der Waals surface area contributed by atoms with Crippen LogP contribution in [0.1, 0.15) is 0 Å². The molecule has 17 heavy (non-hydrogen) atoms. The summed E-state index contributed by atoms with van der Waals surface area (Å²) in [4.78, 5) is 17.7. The van der Waals surface area contributed by atoms with Gasteiger partial charge in [0, 0.05) is 18.0 Å². The monoisotopic (exact) mass is 248 g/mol. The van der Waals surface area contributed by atoms with Gasteiger partial charge >= 0.3 is 0 Å². The molecule has 0 saturated carbocycles. The van der Waals surface area contributed by atoms with Gasteiger partial charge in [0.1, 0.15) is 5.75 Å². The number of nitrogens with zero attached hydrogens (tertiary/aromatic N) is 1. The lowest BCUT2D eigenvalue weighted by atomic mass is 10.3. The normalized spacial score (nSPS) is 10.1. The van der Waals surface area contributed by atoms with Crippen molar-refractivity contribution in [2.24, 2.45) is 0 Å². The van der Waals surface area contributed by atoms with Gasteiger partial charge in [0.25, 0.3) is 5.56 Å². The highest BCUT2D eigenvalue weighted by molar-refractivity contribution is 7.99.